The van der Waals surface area contributed by atoms with Crippen LogP contribution in [0.15, 0.2) is 103 Å². The highest BCUT2D eigenvalue weighted by Gasteiger charge is 2.07. The van der Waals surface area contributed by atoms with Gasteiger partial charge in [-0.3, -0.25) is 0 Å². The van der Waals surface area contributed by atoms with Gasteiger partial charge in [0.05, 0.1) is 0 Å². The molecule has 6 aromatic rings. The van der Waals surface area contributed by atoms with Crippen LogP contribution in [0.2, 0.25) is 0 Å². The molecule has 0 saturated heterocycles. The largest absolute Gasteiger partial charge is 0.0605 e. The van der Waals surface area contributed by atoms with E-state index in [4.69, 9.17) is 0 Å². The summed E-state index contributed by atoms with van der Waals surface area (Å²) in [4.78, 5) is 0. The van der Waals surface area contributed by atoms with Gasteiger partial charge < -0.3 is 0 Å². The van der Waals surface area contributed by atoms with Crippen LogP contribution in [0.5, 0.6) is 0 Å². The third-order valence-corrected chi connectivity index (χ3v) is 8.93. The first-order chi connectivity index (χ1) is 17.5. The highest BCUT2D eigenvalue weighted by atomic mass is 127. The third-order valence-electron chi connectivity index (χ3n) is 7.09. The van der Waals surface area contributed by atoms with Gasteiger partial charge in [0.25, 0.3) is 0 Å². The lowest BCUT2D eigenvalue weighted by molar-refractivity contribution is 0.964. The van der Waals surface area contributed by atoms with Gasteiger partial charge in [0, 0.05) is 7.14 Å². The monoisotopic (exact) mass is 688 g/mol. The van der Waals surface area contributed by atoms with Crippen molar-refractivity contribution in [1.29, 1.82) is 0 Å². The maximum atomic E-state index is 2.48. The summed E-state index contributed by atoms with van der Waals surface area (Å²) in [7, 11) is 0. The van der Waals surface area contributed by atoms with Crippen molar-refractivity contribution in [3.05, 3.63) is 138 Å². The predicted octanol–water partition coefficient (Wildman–Crippen LogP) is 10.0. The SMILES string of the molecule is Cc1ccc2cc(CCc3ccc4ccc(Cc5cc(I)c6cccc(I)c6c5)cc4c3)ccc2c1. The number of fused-ring (bicyclic) bond motifs is 3. The second kappa shape index (κ2) is 10.1. The molecule has 0 N–H and O–H groups in total. The van der Waals surface area contributed by atoms with E-state index in [0.717, 1.165) is 19.3 Å². The van der Waals surface area contributed by atoms with Gasteiger partial charge in [-0.2, -0.15) is 0 Å². The lowest BCUT2D eigenvalue weighted by atomic mass is 9.96. The van der Waals surface area contributed by atoms with Gasteiger partial charge in [-0.1, -0.05) is 90.5 Å². The van der Waals surface area contributed by atoms with Crippen molar-refractivity contribution < 1.29 is 0 Å². The van der Waals surface area contributed by atoms with E-state index in [1.165, 1.54) is 67.3 Å². The van der Waals surface area contributed by atoms with E-state index in [0.29, 0.717) is 0 Å². The molecule has 0 aliphatic heterocycles. The summed E-state index contributed by atoms with van der Waals surface area (Å²) in [5.74, 6) is 0. The molecule has 0 radical (unpaired) electrons. The van der Waals surface area contributed by atoms with Gasteiger partial charge in [-0.05, 0) is 144 Å². The summed E-state index contributed by atoms with van der Waals surface area (Å²) in [6, 6.07) is 38.8. The Morgan fingerprint density at radius 1 is 0.472 bits per heavy atom. The molecule has 0 aliphatic carbocycles. The molecule has 0 unspecified atom stereocenters. The van der Waals surface area contributed by atoms with Crippen LogP contribution in [0.1, 0.15) is 27.8 Å². The van der Waals surface area contributed by atoms with Crippen LogP contribution in [0.4, 0.5) is 0 Å². The molecule has 0 amide bonds. The standard InChI is InChI=1S/C34H26I2/c1-22-5-11-29-17-23(9-14-28(29)15-22)6-7-24-8-12-27-13-10-25(19-30(27)18-24)16-26-20-32-31(34(36)21-26)3-2-4-33(32)35/h2-5,8-15,17-21H,6-7,16H2,1H3. The zero-order valence-electron chi connectivity index (χ0n) is 20.2. The topological polar surface area (TPSA) is 0 Å². The maximum absolute atomic E-state index is 2.48. The minimum Gasteiger partial charge on any atom is -0.0605 e. The molecule has 2 heteroatoms. The summed E-state index contributed by atoms with van der Waals surface area (Å²) in [5, 5.41) is 8.00. The van der Waals surface area contributed by atoms with Gasteiger partial charge in [0.2, 0.25) is 0 Å². The zero-order valence-corrected chi connectivity index (χ0v) is 24.5. The second-order valence-electron chi connectivity index (χ2n) is 9.79. The van der Waals surface area contributed by atoms with E-state index in [1.54, 1.807) is 0 Å². The van der Waals surface area contributed by atoms with Crippen LogP contribution in [-0.4, -0.2) is 0 Å². The Morgan fingerprint density at radius 3 is 1.92 bits per heavy atom. The van der Waals surface area contributed by atoms with Crippen molar-refractivity contribution >= 4 is 77.5 Å². The minimum absolute atomic E-state index is 0.952. The van der Waals surface area contributed by atoms with E-state index in [9.17, 15) is 0 Å². The molecule has 0 saturated carbocycles. The molecule has 36 heavy (non-hydrogen) atoms. The lowest BCUT2D eigenvalue weighted by Gasteiger charge is -2.10. The van der Waals surface area contributed by atoms with Crippen molar-refractivity contribution in [2.24, 2.45) is 0 Å². The molecule has 0 fully saturated rings. The fraction of sp³-hybridized carbons (Fsp3) is 0.118. The molecule has 0 aromatic heterocycles. The summed E-state index contributed by atoms with van der Waals surface area (Å²) < 4.78 is 2.64. The van der Waals surface area contributed by atoms with Gasteiger partial charge >= 0.3 is 0 Å². The Bertz CT molecular complexity index is 1750. The molecule has 0 bridgehead atoms. The van der Waals surface area contributed by atoms with Gasteiger partial charge in [0.15, 0.2) is 0 Å². The molecule has 6 aromatic carbocycles. The Labute approximate surface area is 240 Å². The molecule has 0 heterocycles. The Balaban J connectivity index is 1.23. The average molecular weight is 688 g/mol. The van der Waals surface area contributed by atoms with E-state index in [2.05, 4.69) is 155 Å². The van der Waals surface area contributed by atoms with Crippen molar-refractivity contribution in [3.8, 4) is 0 Å². The molecule has 0 atom stereocenters. The van der Waals surface area contributed by atoms with E-state index in [1.807, 2.05) is 0 Å². The lowest BCUT2D eigenvalue weighted by Crippen LogP contribution is -1.93. The van der Waals surface area contributed by atoms with E-state index >= 15 is 0 Å². The Kier molecular flexibility index (Phi) is 6.74. The summed E-state index contributed by atoms with van der Waals surface area (Å²) >= 11 is 4.93. The number of hydrogen-bond acceptors (Lipinski definition) is 0. The summed E-state index contributed by atoms with van der Waals surface area (Å²) in [6.45, 7) is 2.15. The van der Waals surface area contributed by atoms with Crippen LogP contribution in [0.25, 0.3) is 32.3 Å². The maximum Gasteiger partial charge on any atom is 0.0212 e. The number of aryl methyl sites for hydroxylation is 3. The quantitative estimate of drug-likeness (QED) is 0.158. The predicted molar refractivity (Wildman–Crippen MR) is 172 cm³/mol. The Morgan fingerprint density at radius 2 is 1.11 bits per heavy atom. The molecule has 0 aliphatic rings. The Hall–Kier alpha value is -2.44. The van der Waals surface area contributed by atoms with Crippen molar-refractivity contribution in [1.82, 2.24) is 0 Å². The normalized spacial score (nSPS) is 11.5. The molecular weight excluding hydrogens is 662 g/mol. The van der Waals surface area contributed by atoms with Crippen LogP contribution in [-0.2, 0) is 19.3 Å². The first-order valence-corrected chi connectivity index (χ1v) is 14.6. The third kappa shape index (κ3) is 5.03. The van der Waals surface area contributed by atoms with Gasteiger partial charge in [-0.25, -0.2) is 0 Å². The van der Waals surface area contributed by atoms with Crippen molar-refractivity contribution in [2.75, 3.05) is 0 Å². The highest BCUT2D eigenvalue weighted by Crippen LogP contribution is 2.29. The van der Waals surface area contributed by atoms with Gasteiger partial charge in [0.1, 0.15) is 0 Å². The number of rotatable bonds is 5. The molecule has 0 nitrogen and oxygen atoms in total. The number of halogens is 2. The second-order valence-corrected chi connectivity index (χ2v) is 12.1. The molecule has 176 valence electrons. The number of benzene rings is 6. The van der Waals surface area contributed by atoms with Crippen molar-refractivity contribution in [2.45, 2.75) is 26.2 Å². The first-order valence-electron chi connectivity index (χ1n) is 12.4. The fourth-order valence-electron chi connectivity index (χ4n) is 5.17. The van der Waals surface area contributed by atoms with Crippen LogP contribution in [0, 0.1) is 14.1 Å². The zero-order chi connectivity index (χ0) is 24.6. The summed E-state index contributed by atoms with van der Waals surface area (Å²) in [5.41, 5.74) is 6.86. The fourth-order valence-corrected chi connectivity index (χ4v) is 6.69. The highest BCUT2D eigenvalue weighted by molar-refractivity contribution is 14.1. The van der Waals surface area contributed by atoms with Crippen LogP contribution in [0.3, 0.4) is 0 Å². The van der Waals surface area contributed by atoms with E-state index < -0.39 is 0 Å². The van der Waals surface area contributed by atoms with E-state index in [-0.39, 0.29) is 0 Å². The first kappa shape index (κ1) is 23.9. The van der Waals surface area contributed by atoms with Crippen molar-refractivity contribution in [3.63, 3.8) is 0 Å². The minimum atomic E-state index is 0.952. The molecule has 6 rings (SSSR count). The smallest absolute Gasteiger partial charge is 0.0212 e. The van der Waals surface area contributed by atoms with Crippen LogP contribution >= 0.6 is 45.2 Å². The molecular formula is C34H26I2. The summed E-state index contributed by atoms with van der Waals surface area (Å²) in [6.07, 6.45) is 3.07. The number of hydrogen-bond donors (Lipinski definition) is 0. The molecule has 0 spiro atoms. The van der Waals surface area contributed by atoms with Gasteiger partial charge in [-0.15, -0.1) is 0 Å². The average Bonchev–Trinajstić information content (AvgIpc) is 2.88. The van der Waals surface area contributed by atoms with Crippen LogP contribution < -0.4 is 0 Å².